The molecule has 0 saturated heterocycles. The van der Waals surface area contributed by atoms with Gasteiger partial charge in [-0.2, -0.15) is 17.2 Å². The molecule has 5 aromatic rings. The van der Waals surface area contributed by atoms with Gasteiger partial charge in [0.1, 0.15) is 0 Å². The Bertz CT molecular complexity index is 2790. The molecule has 0 aromatic heterocycles. The Labute approximate surface area is 431 Å². The van der Waals surface area contributed by atoms with Gasteiger partial charge in [0.15, 0.2) is 0 Å². The van der Waals surface area contributed by atoms with Crippen LogP contribution in [0.4, 0.5) is 0 Å². The van der Waals surface area contributed by atoms with Crippen molar-refractivity contribution in [3.05, 3.63) is 155 Å². The van der Waals surface area contributed by atoms with Crippen LogP contribution in [0.5, 0.6) is 0 Å². The largest absolute Gasteiger partial charge is 0.299 e. The van der Waals surface area contributed by atoms with Crippen molar-refractivity contribution < 1.29 is 33.7 Å². The number of aryl methyl sites for hydroxylation is 4. The summed E-state index contributed by atoms with van der Waals surface area (Å²) in [4.78, 5) is 3.03. The highest BCUT2D eigenvalue weighted by atomic mass is 32.2. The third-order valence-electron chi connectivity index (χ3n) is 13.6. The smallest absolute Gasteiger partial charge is 0.243 e. The molecule has 0 radical (unpaired) electrons. The predicted octanol–water partition coefficient (Wildman–Crippen LogP) is 8.87. The van der Waals surface area contributed by atoms with E-state index in [-0.39, 0.29) is 58.9 Å². The van der Waals surface area contributed by atoms with Crippen LogP contribution in [0.25, 0.3) is 0 Å². The van der Waals surface area contributed by atoms with Gasteiger partial charge in [-0.15, -0.1) is 0 Å². The number of nitrogens with zero attached hydrogens (tertiary/aromatic N) is 5. The summed E-state index contributed by atoms with van der Waals surface area (Å²) < 4.78 is 119. The molecular weight excluding hydrogens is 987 g/mol. The average molecular weight is 1060 g/mol. The zero-order valence-corrected chi connectivity index (χ0v) is 45.6. The maximum Gasteiger partial charge on any atom is 0.243 e. The minimum absolute atomic E-state index is 0.121. The van der Waals surface area contributed by atoms with Crippen molar-refractivity contribution >= 4 is 40.1 Å². The van der Waals surface area contributed by atoms with Gasteiger partial charge >= 0.3 is 0 Å². The molecule has 0 bridgehead atoms. The Kier molecular flexibility index (Phi) is 19.1. The van der Waals surface area contributed by atoms with E-state index in [4.69, 9.17) is 0 Å². The van der Waals surface area contributed by atoms with Crippen LogP contribution in [-0.2, 0) is 46.6 Å². The van der Waals surface area contributed by atoms with E-state index in [1.807, 2.05) is 58.0 Å². The van der Waals surface area contributed by atoms with Gasteiger partial charge in [0.05, 0.1) is 19.6 Å². The van der Waals surface area contributed by atoms with E-state index < -0.39 is 40.1 Å². The Morgan fingerprint density at radius 2 is 0.611 bits per heavy atom. The van der Waals surface area contributed by atoms with E-state index in [0.29, 0.717) is 70.2 Å². The van der Waals surface area contributed by atoms with Gasteiger partial charge in [-0.1, -0.05) is 101 Å². The molecule has 17 heteroatoms. The molecular formula is C55H73N5O8S4. The summed E-state index contributed by atoms with van der Waals surface area (Å²) in [5, 5.41) is 0. The monoisotopic (exact) mass is 1060 g/mol. The first-order valence-corrected chi connectivity index (χ1v) is 31.1. The van der Waals surface area contributed by atoms with Gasteiger partial charge in [0, 0.05) is 58.9 Å². The van der Waals surface area contributed by atoms with Crippen LogP contribution >= 0.6 is 0 Å². The van der Waals surface area contributed by atoms with Crippen molar-refractivity contribution in [1.82, 2.24) is 22.1 Å². The summed E-state index contributed by atoms with van der Waals surface area (Å²) in [5.41, 5.74) is 4.84. The number of rotatable bonds is 30. The van der Waals surface area contributed by atoms with Gasteiger partial charge in [0.25, 0.3) is 0 Å². The van der Waals surface area contributed by atoms with E-state index in [0.717, 1.165) is 53.5 Å². The first-order chi connectivity index (χ1) is 34.3. The fourth-order valence-corrected chi connectivity index (χ4v) is 15.0. The molecule has 7 rings (SSSR count). The van der Waals surface area contributed by atoms with Crippen LogP contribution in [-0.4, -0.2) is 121 Å². The van der Waals surface area contributed by atoms with Crippen LogP contribution in [0.2, 0.25) is 0 Å². The minimum atomic E-state index is -3.96. The zero-order valence-electron chi connectivity index (χ0n) is 42.3. The predicted molar refractivity (Wildman–Crippen MR) is 285 cm³/mol. The lowest BCUT2D eigenvalue weighted by Gasteiger charge is -2.28. The van der Waals surface area contributed by atoms with Gasteiger partial charge in [-0.05, 0) is 158 Å². The van der Waals surface area contributed by atoms with Crippen LogP contribution < -0.4 is 0 Å². The topological polar surface area (TPSA) is 153 Å². The molecule has 2 aliphatic rings. The molecule has 2 saturated carbocycles. The Balaban J connectivity index is 1.06. The van der Waals surface area contributed by atoms with Crippen LogP contribution in [0.15, 0.2) is 147 Å². The average Bonchev–Trinajstić information content (AvgIpc) is 4.31. The van der Waals surface area contributed by atoms with Crippen molar-refractivity contribution in [2.45, 2.75) is 105 Å². The van der Waals surface area contributed by atoms with E-state index in [9.17, 15) is 33.7 Å². The van der Waals surface area contributed by atoms with Crippen LogP contribution in [0, 0.1) is 39.5 Å². The van der Waals surface area contributed by atoms with E-state index >= 15 is 0 Å². The van der Waals surface area contributed by atoms with Gasteiger partial charge in [0.2, 0.25) is 40.1 Å². The second kappa shape index (κ2) is 24.8. The molecule has 0 heterocycles. The summed E-state index contributed by atoms with van der Waals surface area (Å²) in [5.74, 6) is 0.581. The third-order valence-corrected chi connectivity index (χ3v) is 21.2. The van der Waals surface area contributed by atoms with Crippen molar-refractivity contribution in [3.63, 3.8) is 0 Å². The summed E-state index contributed by atoms with van der Waals surface area (Å²) in [6.45, 7) is 10.9. The maximum absolute atomic E-state index is 14.4. The summed E-state index contributed by atoms with van der Waals surface area (Å²) in [6.07, 6.45) is 5.40. The lowest BCUT2D eigenvalue weighted by Crippen LogP contribution is -2.39. The molecule has 0 amide bonds. The molecule has 2 fully saturated rings. The molecule has 0 spiro atoms. The second-order valence-electron chi connectivity index (χ2n) is 19.8. The molecule has 2 aliphatic carbocycles. The highest BCUT2D eigenvalue weighted by molar-refractivity contribution is 7.90. The van der Waals surface area contributed by atoms with Crippen molar-refractivity contribution in [2.24, 2.45) is 11.8 Å². The first kappa shape index (κ1) is 55.5. The quantitative estimate of drug-likeness (QED) is 0.0439. The minimum Gasteiger partial charge on any atom is -0.299 e. The second-order valence-corrected chi connectivity index (χ2v) is 27.6. The highest BCUT2D eigenvalue weighted by Gasteiger charge is 2.34. The Morgan fingerprint density at radius 3 is 0.903 bits per heavy atom. The van der Waals surface area contributed by atoms with Gasteiger partial charge < -0.3 is 0 Å². The lowest BCUT2D eigenvalue weighted by molar-refractivity contribution is 0.238. The van der Waals surface area contributed by atoms with Crippen LogP contribution in [0.3, 0.4) is 0 Å². The molecule has 0 aliphatic heterocycles. The van der Waals surface area contributed by atoms with E-state index in [2.05, 4.69) is 4.90 Å². The number of hydrogen-bond acceptors (Lipinski definition) is 9. The Hall–Kier alpha value is -4.30. The summed E-state index contributed by atoms with van der Waals surface area (Å²) >= 11 is 0. The molecule has 0 unspecified atom stereocenters. The van der Waals surface area contributed by atoms with Crippen molar-refractivity contribution in [3.8, 4) is 0 Å². The maximum atomic E-state index is 14.4. The third kappa shape index (κ3) is 15.4. The highest BCUT2D eigenvalue weighted by Crippen LogP contribution is 2.33. The summed E-state index contributed by atoms with van der Waals surface area (Å²) in [6, 6.07) is 37.2. The molecule has 5 aromatic carbocycles. The van der Waals surface area contributed by atoms with Crippen molar-refractivity contribution in [2.75, 3.05) is 65.4 Å². The normalized spacial score (nSPS) is 14.8. The molecule has 0 N–H and O–H groups in total. The Morgan fingerprint density at radius 1 is 0.347 bits per heavy atom. The zero-order chi connectivity index (χ0) is 51.5. The van der Waals surface area contributed by atoms with E-state index in [1.165, 1.54) is 17.2 Å². The molecule has 72 heavy (non-hydrogen) atoms. The van der Waals surface area contributed by atoms with Gasteiger partial charge in [-0.3, -0.25) is 4.90 Å². The summed E-state index contributed by atoms with van der Waals surface area (Å²) in [7, 11) is -15.5. The fraction of sp³-hybridized carbons (Fsp3) is 0.455. The fourth-order valence-electron chi connectivity index (χ4n) is 8.84. The van der Waals surface area contributed by atoms with Crippen molar-refractivity contribution in [1.29, 1.82) is 0 Å². The first-order valence-electron chi connectivity index (χ1n) is 25.4. The number of hydrogen-bond donors (Lipinski definition) is 0. The molecule has 0 atom stereocenters. The van der Waals surface area contributed by atoms with Crippen LogP contribution in [0.1, 0.15) is 79.2 Å². The molecule has 390 valence electrons. The molecule has 13 nitrogen and oxygen atoms in total. The SMILES string of the molecule is Cc1ccc(S(=O)(=O)N(CCCN(CCCN(CCCN(CC2CC2)S(=O)(=O)c2ccc(C)cc2)S(=O)(=O)c2ccc(C)cc2)Cc2ccccc2)CCCN(CC2CC2)S(=O)(=O)c2ccc(C)cc2)cc1. The number of benzene rings is 5. The van der Waals surface area contributed by atoms with Gasteiger partial charge in [-0.25, -0.2) is 33.7 Å². The van der Waals surface area contributed by atoms with E-state index in [1.54, 1.807) is 97.1 Å². The lowest BCUT2D eigenvalue weighted by atomic mass is 10.2. The number of sulfonamides is 4. The standard InChI is InChI=1S/C55H73N5O8S4/c1-45-14-26-52(27-15-45)69(61,62)57(38-10-40-59(43-50-22-23-50)71(65,66)54-30-18-47(3)19-31-54)36-8-34-56(42-49-12-6-5-7-13-49)35-9-37-58(70(63,64)53-28-16-46(2)17-29-53)39-11-41-60(44-51-24-25-51)72(67,68)55-32-20-48(4)21-33-55/h5-7,12-21,26-33,50-51H,8-11,22-25,34-44H2,1-4H3.